The Morgan fingerprint density at radius 3 is 2.18 bits per heavy atom. The molecule has 0 aromatic heterocycles. The van der Waals surface area contributed by atoms with Crippen LogP contribution in [0.4, 0.5) is 5.69 Å². The van der Waals surface area contributed by atoms with Crippen molar-refractivity contribution < 1.29 is 19.1 Å². The molecule has 0 aliphatic carbocycles. The molecule has 5 nitrogen and oxygen atoms in total. The van der Waals surface area contributed by atoms with E-state index in [2.05, 4.69) is 5.32 Å². The van der Waals surface area contributed by atoms with Crippen LogP contribution in [0, 0.1) is 0 Å². The number of anilines is 1. The van der Waals surface area contributed by atoms with Gasteiger partial charge in [0.2, 0.25) is 5.91 Å². The van der Waals surface area contributed by atoms with Crippen LogP contribution in [-0.2, 0) is 4.79 Å². The molecule has 0 aliphatic rings. The number of amides is 1. The van der Waals surface area contributed by atoms with Crippen LogP contribution in [0.5, 0.6) is 11.5 Å². The van der Waals surface area contributed by atoms with Gasteiger partial charge in [0.1, 0.15) is 11.5 Å². The number of hydrogen-bond acceptors (Lipinski definition) is 4. The second-order valence-corrected chi connectivity index (χ2v) is 3.49. The highest BCUT2D eigenvalue weighted by atomic mass is 16.5. The van der Waals surface area contributed by atoms with Crippen LogP contribution in [0.3, 0.4) is 0 Å². The van der Waals surface area contributed by atoms with Gasteiger partial charge in [0.15, 0.2) is 5.78 Å². The Labute approximate surface area is 99.7 Å². The molecular weight excluding hydrogens is 222 g/mol. The molecule has 0 atom stereocenters. The van der Waals surface area contributed by atoms with Gasteiger partial charge >= 0.3 is 0 Å². The molecule has 0 spiro atoms. The molecule has 0 bridgehead atoms. The lowest BCUT2D eigenvalue weighted by atomic mass is 10.1. The standard InChI is InChI=1S/C12H15NO4/c1-7(14)12-10(13-8(2)15)5-9(16-3)6-11(12)17-4/h5-6H,1-4H3,(H,13,15). The Hall–Kier alpha value is -2.04. The van der Waals surface area contributed by atoms with Gasteiger partial charge in [-0.3, -0.25) is 9.59 Å². The highest BCUT2D eigenvalue weighted by Gasteiger charge is 2.16. The van der Waals surface area contributed by atoms with E-state index in [9.17, 15) is 9.59 Å². The zero-order valence-electron chi connectivity index (χ0n) is 10.3. The van der Waals surface area contributed by atoms with Crippen molar-refractivity contribution in [3.8, 4) is 11.5 Å². The molecule has 0 radical (unpaired) electrons. The van der Waals surface area contributed by atoms with Gasteiger partial charge in [0.25, 0.3) is 0 Å². The monoisotopic (exact) mass is 237 g/mol. The molecular formula is C12H15NO4. The molecule has 1 aromatic carbocycles. The molecule has 0 saturated carbocycles. The van der Waals surface area contributed by atoms with Crippen molar-refractivity contribution in [1.82, 2.24) is 0 Å². The third kappa shape index (κ3) is 2.96. The van der Waals surface area contributed by atoms with Crippen molar-refractivity contribution in [2.75, 3.05) is 19.5 Å². The van der Waals surface area contributed by atoms with E-state index >= 15 is 0 Å². The molecule has 0 aliphatic heterocycles. The van der Waals surface area contributed by atoms with E-state index in [1.807, 2.05) is 0 Å². The first kappa shape index (κ1) is 13.0. The maximum Gasteiger partial charge on any atom is 0.221 e. The lowest BCUT2D eigenvalue weighted by Gasteiger charge is -2.14. The predicted octanol–water partition coefficient (Wildman–Crippen LogP) is 1.86. The smallest absolute Gasteiger partial charge is 0.221 e. The van der Waals surface area contributed by atoms with Gasteiger partial charge in [0.05, 0.1) is 25.5 Å². The van der Waals surface area contributed by atoms with E-state index in [4.69, 9.17) is 9.47 Å². The Bertz CT molecular complexity index is 454. The molecule has 17 heavy (non-hydrogen) atoms. The number of nitrogens with one attached hydrogen (secondary N) is 1. The fourth-order valence-corrected chi connectivity index (χ4v) is 1.52. The predicted molar refractivity (Wildman–Crippen MR) is 63.9 cm³/mol. The van der Waals surface area contributed by atoms with Gasteiger partial charge in [-0.15, -0.1) is 0 Å². The van der Waals surface area contributed by atoms with Crippen molar-refractivity contribution >= 4 is 17.4 Å². The Balaban J connectivity index is 3.40. The van der Waals surface area contributed by atoms with Crippen molar-refractivity contribution in [2.24, 2.45) is 0 Å². The molecule has 1 aromatic rings. The highest BCUT2D eigenvalue weighted by Crippen LogP contribution is 2.32. The fraction of sp³-hybridized carbons (Fsp3) is 0.333. The van der Waals surface area contributed by atoms with E-state index in [1.165, 1.54) is 28.1 Å². The summed E-state index contributed by atoms with van der Waals surface area (Å²) in [5.74, 6) is 0.437. The van der Waals surface area contributed by atoms with Crippen LogP contribution >= 0.6 is 0 Å². The number of Topliss-reactive ketones (excluding diaryl/α,β-unsaturated/α-hetero) is 1. The first-order valence-electron chi connectivity index (χ1n) is 5.04. The zero-order valence-corrected chi connectivity index (χ0v) is 10.3. The number of methoxy groups -OCH3 is 2. The number of carbonyl (C=O) groups is 2. The van der Waals surface area contributed by atoms with E-state index in [-0.39, 0.29) is 11.7 Å². The summed E-state index contributed by atoms with van der Waals surface area (Å²) in [6.07, 6.45) is 0. The minimum Gasteiger partial charge on any atom is -0.497 e. The van der Waals surface area contributed by atoms with Crippen molar-refractivity contribution in [3.63, 3.8) is 0 Å². The number of ether oxygens (including phenoxy) is 2. The van der Waals surface area contributed by atoms with Crippen molar-refractivity contribution in [3.05, 3.63) is 17.7 Å². The van der Waals surface area contributed by atoms with Crippen LogP contribution in [0.1, 0.15) is 24.2 Å². The van der Waals surface area contributed by atoms with Gasteiger partial charge in [-0.1, -0.05) is 0 Å². The normalized spacial score (nSPS) is 9.65. The average Bonchev–Trinajstić information content (AvgIpc) is 2.26. The van der Waals surface area contributed by atoms with Gasteiger partial charge in [-0.2, -0.15) is 0 Å². The van der Waals surface area contributed by atoms with Gasteiger partial charge < -0.3 is 14.8 Å². The Kier molecular flexibility index (Phi) is 4.09. The average molecular weight is 237 g/mol. The molecule has 92 valence electrons. The van der Waals surface area contributed by atoms with Crippen LogP contribution in [-0.4, -0.2) is 25.9 Å². The highest BCUT2D eigenvalue weighted by molar-refractivity contribution is 6.05. The largest absolute Gasteiger partial charge is 0.497 e. The first-order chi connectivity index (χ1) is 7.99. The van der Waals surface area contributed by atoms with Gasteiger partial charge in [-0.25, -0.2) is 0 Å². The third-order valence-corrected chi connectivity index (χ3v) is 2.19. The lowest BCUT2D eigenvalue weighted by molar-refractivity contribution is -0.114. The number of carbonyl (C=O) groups excluding carboxylic acids is 2. The molecule has 0 fully saturated rings. The SMILES string of the molecule is COc1cc(NC(C)=O)c(C(C)=O)c(OC)c1. The quantitative estimate of drug-likeness (QED) is 0.812. The summed E-state index contributed by atoms with van der Waals surface area (Å²) in [5.41, 5.74) is 0.727. The maximum atomic E-state index is 11.6. The summed E-state index contributed by atoms with van der Waals surface area (Å²) >= 11 is 0. The molecule has 0 saturated heterocycles. The summed E-state index contributed by atoms with van der Waals surface area (Å²) in [5, 5.41) is 2.58. The van der Waals surface area contributed by atoms with Crippen molar-refractivity contribution in [2.45, 2.75) is 13.8 Å². The van der Waals surface area contributed by atoms with Crippen LogP contribution < -0.4 is 14.8 Å². The second-order valence-electron chi connectivity index (χ2n) is 3.49. The minimum atomic E-state index is -0.261. The number of ketones is 1. The summed E-state index contributed by atoms with van der Waals surface area (Å²) in [6, 6.07) is 3.18. The van der Waals surface area contributed by atoms with E-state index in [1.54, 1.807) is 12.1 Å². The number of benzene rings is 1. The number of hydrogen-bond donors (Lipinski definition) is 1. The third-order valence-electron chi connectivity index (χ3n) is 2.19. The van der Waals surface area contributed by atoms with Crippen LogP contribution in [0.2, 0.25) is 0 Å². The van der Waals surface area contributed by atoms with Gasteiger partial charge in [0, 0.05) is 19.1 Å². The topological polar surface area (TPSA) is 64.6 Å². The van der Waals surface area contributed by atoms with E-state index in [0.29, 0.717) is 22.7 Å². The van der Waals surface area contributed by atoms with Crippen molar-refractivity contribution in [1.29, 1.82) is 0 Å². The summed E-state index contributed by atoms with van der Waals surface area (Å²) in [6.45, 7) is 2.78. The van der Waals surface area contributed by atoms with Gasteiger partial charge in [-0.05, 0) is 6.92 Å². The minimum absolute atomic E-state index is 0.187. The lowest BCUT2D eigenvalue weighted by Crippen LogP contribution is -2.11. The second kappa shape index (κ2) is 5.34. The summed E-state index contributed by atoms with van der Waals surface area (Å²) in [7, 11) is 2.96. The summed E-state index contributed by atoms with van der Waals surface area (Å²) in [4.78, 5) is 22.6. The summed E-state index contributed by atoms with van der Waals surface area (Å²) < 4.78 is 10.2. The zero-order chi connectivity index (χ0) is 13.0. The van der Waals surface area contributed by atoms with Crippen LogP contribution in [0.25, 0.3) is 0 Å². The first-order valence-corrected chi connectivity index (χ1v) is 5.04. The molecule has 1 rings (SSSR count). The molecule has 1 N–H and O–H groups in total. The number of rotatable bonds is 4. The molecule has 5 heteroatoms. The Morgan fingerprint density at radius 2 is 1.76 bits per heavy atom. The molecule has 0 heterocycles. The van der Waals surface area contributed by atoms with E-state index in [0.717, 1.165) is 0 Å². The fourth-order valence-electron chi connectivity index (χ4n) is 1.52. The maximum absolute atomic E-state index is 11.6. The molecule has 0 unspecified atom stereocenters. The van der Waals surface area contributed by atoms with E-state index < -0.39 is 0 Å². The van der Waals surface area contributed by atoms with Crippen LogP contribution in [0.15, 0.2) is 12.1 Å². The Morgan fingerprint density at radius 1 is 1.12 bits per heavy atom. The molecule has 1 amide bonds.